The lowest BCUT2D eigenvalue weighted by Gasteiger charge is -2.20. The van der Waals surface area contributed by atoms with Gasteiger partial charge in [-0.3, -0.25) is 9.97 Å². The molecule has 10 N–H and O–H groups in total. The third kappa shape index (κ3) is 28.0. The second kappa shape index (κ2) is 44.2. The highest BCUT2D eigenvalue weighted by Gasteiger charge is 2.27. The first-order valence-corrected chi connectivity index (χ1v) is 47.4. The molecular weight excluding hydrogens is 1670 g/mol. The zero-order chi connectivity index (χ0) is 100. The van der Waals surface area contributed by atoms with Crippen LogP contribution in [-0.2, 0) is 45.6 Å². The number of halogens is 3. The number of nitrogens with two attached hydrogens (primary N) is 4. The number of phenols is 2. The molecule has 6 aromatic carbocycles. The fraction of sp³-hybridized carbons (Fsp3) is 0.452. The van der Waals surface area contributed by atoms with Gasteiger partial charge in [0.25, 0.3) is 0 Å². The zero-order valence-corrected chi connectivity index (χ0v) is 88.2. The Labute approximate surface area is 802 Å². The van der Waals surface area contributed by atoms with Crippen LogP contribution in [0.2, 0.25) is 5.15 Å². The lowest BCUT2D eigenvalue weighted by molar-refractivity contribution is 0.472. The molecule has 0 aliphatic carbocycles. The van der Waals surface area contributed by atoms with E-state index in [9.17, 15) is 19.0 Å². The number of aromatic hydroxyl groups is 2. The van der Waals surface area contributed by atoms with Gasteiger partial charge in [0.1, 0.15) is 39.9 Å². The maximum Gasteiger partial charge on any atom is 0.162 e. The van der Waals surface area contributed by atoms with Crippen molar-refractivity contribution in [2.75, 3.05) is 11.5 Å². The Morgan fingerprint density at radius 2 is 0.617 bits per heavy atom. The Bertz CT molecular complexity index is 5680. The molecule has 6 aromatic heterocycles. The molecule has 0 fully saturated rings. The lowest BCUT2D eigenvalue weighted by atomic mass is 9.85. The monoisotopic (exact) mass is 1820 g/mol. The molecule has 133 heavy (non-hydrogen) atoms. The fourth-order valence-electron chi connectivity index (χ4n) is 17.1. The Kier molecular flexibility index (Phi) is 36.3. The van der Waals surface area contributed by atoms with Crippen molar-refractivity contribution < 1.29 is 19.0 Å². The first kappa shape index (κ1) is 109. The third-order valence-electron chi connectivity index (χ3n) is 24.2. The van der Waals surface area contributed by atoms with Crippen LogP contribution in [0, 0.1) is 67.0 Å². The van der Waals surface area contributed by atoms with Crippen molar-refractivity contribution >= 4 is 23.2 Å². The van der Waals surface area contributed by atoms with Gasteiger partial charge in [0, 0.05) is 86.2 Å². The van der Waals surface area contributed by atoms with E-state index >= 15 is 0 Å². The van der Waals surface area contributed by atoms with Crippen LogP contribution in [0.15, 0.2) is 133 Å². The number of nitrogen functional groups attached to an aromatic ring is 2. The maximum absolute atomic E-state index is 14.5. The van der Waals surface area contributed by atoms with Gasteiger partial charge >= 0.3 is 0 Å². The predicted octanol–water partition coefficient (Wildman–Crippen LogP) is 30.1. The van der Waals surface area contributed by atoms with E-state index in [2.05, 4.69) is 290 Å². The van der Waals surface area contributed by atoms with E-state index < -0.39 is 0 Å². The number of phenolic OH excluding ortho intramolecular Hbond substituents is 2. The fourth-order valence-corrected chi connectivity index (χ4v) is 17.6. The van der Waals surface area contributed by atoms with Crippen LogP contribution in [0.5, 0.6) is 11.5 Å². The minimum Gasteiger partial charge on any atom is -0.507 e. The van der Waals surface area contributed by atoms with E-state index in [-0.39, 0.29) is 61.5 Å². The van der Waals surface area contributed by atoms with E-state index in [1.54, 1.807) is 18.2 Å². The topological polar surface area (TPSA) is 261 Å². The summed E-state index contributed by atoms with van der Waals surface area (Å²) in [6.07, 6.45) is 0. The summed E-state index contributed by atoms with van der Waals surface area (Å²) >= 11 is 6.34. The van der Waals surface area contributed by atoms with Crippen LogP contribution in [-0.4, -0.2) is 55.1 Å². The van der Waals surface area contributed by atoms with Crippen molar-refractivity contribution in [1.29, 1.82) is 0 Å². The van der Waals surface area contributed by atoms with Gasteiger partial charge in [0.05, 0.1) is 22.6 Å². The summed E-state index contributed by atoms with van der Waals surface area (Å²) in [5.41, 5.74) is 55.0. The van der Waals surface area contributed by atoms with Crippen LogP contribution in [0.4, 0.5) is 20.4 Å². The van der Waals surface area contributed by atoms with Gasteiger partial charge in [-0.15, -0.1) is 0 Å². The lowest BCUT2D eigenvalue weighted by Crippen LogP contribution is -2.13. The molecular formula is C115H156ClF2N13O2. The minimum atomic E-state index is -0.261. The number of rotatable bonds is 14. The zero-order valence-electron chi connectivity index (χ0n) is 87.4. The number of aromatic nitrogens is 9. The number of hydrogen-bond acceptors (Lipinski definition) is 15. The second-order valence-corrected chi connectivity index (χ2v) is 44.0. The molecule has 0 aliphatic heterocycles. The Morgan fingerprint density at radius 3 is 0.970 bits per heavy atom. The molecule has 0 unspecified atom stereocenters. The summed E-state index contributed by atoms with van der Waals surface area (Å²) in [5.74, 6) is 4.84. The van der Waals surface area contributed by atoms with Crippen molar-refractivity contribution in [2.24, 2.45) is 11.5 Å². The van der Waals surface area contributed by atoms with Crippen molar-refractivity contribution in [1.82, 2.24) is 44.9 Å². The third-order valence-corrected chi connectivity index (χ3v) is 24.5. The number of hydrogen-bond donors (Lipinski definition) is 6. The molecule has 6 heterocycles. The highest BCUT2D eigenvalue weighted by Crippen LogP contribution is 2.42. The quantitative estimate of drug-likeness (QED) is 0.0553. The predicted molar refractivity (Wildman–Crippen MR) is 559 cm³/mol. The largest absolute Gasteiger partial charge is 0.507 e. The van der Waals surface area contributed by atoms with Gasteiger partial charge < -0.3 is 33.1 Å². The molecule has 0 saturated carbocycles. The van der Waals surface area contributed by atoms with Gasteiger partial charge in [-0.2, -0.15) is 0 Å². The van der Waals surface area contributed by atoms with Crippen LogP contribution < -0.4 is 22.9 Å². The molecule has 714 valence electrons. The van der Waals surface area contributed by atoms with Gasteiger partial charge in [-0.1, -0.05) is 292 Å². The number of pyridine rings is 3. The molecule has 0 amide bonds. The van der Waals surface area contributed by atoms with Gasteiger partial charge in [0.15, 0.2) is 17.5 Å². The van der Waals surface area contributed by atoms with Crippen molar-refractivity contribution in [3.8, 4) is 79.4 Å². The number of benzene rings is 6. The summed E-state index contributed by atoms with van der Waals surface area (Å²) in [5, 5.41) is 21.4. The highest BCUT2D eigenvalue weighted by molar-refractivity contribution is 6.30. The maximum atomic E-state index is 14.5. The number of anilines is 2. The second-order valence-electron chi connectivity index (χ2n) is 43.7. The van der Waals surface area contributed by atoms with Gasteiger partial charge in [0.2, 0.25) is 0 Å². The van der Waals surface area contributed by atoms with E-state index in [4.69, 9.17) is 44.5 Å². The Hall–Kier alpha value is -10.7. The Morgan fingerprint density at radius 1 is 0.293 bits per heavy atom. The SMILES string of the molecule is Cc1cc(-c2ccc(C(C)(C)C)cc2O)nc(Cl)c1C(C)C.Cc1cc(C(C)(C)C)ccc1-c1nc(C)c(C(C)C)c(N)n1.Cc1nc(-c2ccc(C(C)(C)C)c(F)c2)nc(N)c1C(C)C.Cc1nc(-c2ccc(C(C)(C)C)cc2)cc(CN)c1C(C)C.Cc1nc(-c2ccc(C(C)(C)C)cc2F)nc(C)c1C(C)C.Cc1nc(-c2ccc(C(C)(C)C)cc2O)cc(CN)c1C(C)C. The molecule has 15 nitrogen and oxygen atoms in total. The highest BCUT2D eigenvalue weighted by atomic mass is 35.5. The summed E-state index contributed by atoms with van der Waals surface area (Å²) in [4.78, 5) is 41.1. The van der Waals surface area contributed by atoms with E-state index in [1.807, 2.05) is 117 Å². The summed E-state index contributed by atoms with van der Waals surface area (Å²) in [7, 11) is 0. The Balaban J connectivity index is 0.000000218. The summed E-state index contributed by atoms with van der Waals surface area (Å²) < 4.78 is 28.9. The number of nitrogens with zero attached hydrogens (tertiary/aromatic N) is 9. The molecule has 0 saturated heterocycles. The molecule has 18 heteroatoms. The van der Waals surface area contributed by atoms with Crippen LogP contribution in [0.1, 0.15) is 366 Å². The van der Waals surface area contributed by atoms with E-state index in [1.165, 1.54) is 39.4 Å². The van der Waals surface area contributed by atoms with Crippen LogP contribution in [0.25, 0.3) is 67.9 Å². The van der Waals surface area contributed by atoms with Crippen LogP contribution in [0.3, 0.4) is 0 Å². The molecule has 12 aromatic rings. The molecule has 0 spiro atoms. The minimum absolute atomic E-state index is 0.00149. The number of aryl methyl sites for hydroxylation is 8. The van der Waals surface area contributed by atoms with Crippen molar-refractivity contribution in [2.45, 2.75) is 344 Å². The van der Waals surface area contributed by atoms with Crippen molar-refractivity contribution in [3.63, 3.8) is 0 Å². The molecule has 12 rings (SSSR count). The van der Waals surface area contributed by atoms with E-state index in [0.29, 0.717) is 99.1 Å². The smallest absolute Gasteiger partial charge is 0.162 e. The molecule has 0 atom stereocenters. The van der Waals surface area contributed by atoms with Gasteiger partial charge in [-0.05, 0) is 262 Å². The summed E-state index contributed by atoms with van der Waals surface area (Å²) in [6.45, 7) is 80.9. The normalized spacial score (nSPS) is 12.0. The average Bonchev–Trinajstić information content (AvgIpc) is 0.686. The van der Waals surface area contributed by atoms with Crippen LogP contribution >= 0.6 is 11.6 Å². The van der Waals surface area contributed by atoms with Gasteiger partial charge in [-0.25, -0.2) is 43.7 Å². The first-order valence-electron chi connectivity index (χ1n) is 47.0. The molecule has 0 bridgehead atoms. The first-order chi connectivity index (χ1) is 61.3. The van der Waals surface area contributed by atoms with E-state index in [0.717, 1.165) is 118 Å². The standard InChI is InChI=1S/C20H28N2O.C20H28N2.C19H24ClNO.C19H25FN2.C19H27N3.C18H24FN3/c1-12(2)19-13(3)22-17(9-14(19)11-21)16-8-7-15(10-18(16)23)20(4,5)6;1-13(2)19-14(3)22-18(11-16(19)12-21)15-7-9-17(10-8-15)20(4,5)6;1-11(2)17-12(3)9-15(21-18(17)20)14-8-7-13(10-16(14)22)19(4,5)6;1-11(2)17-12(3)21-18(22-13(17)4)15-9-8-14(10-16(15)20)19(5,6)7;1-11(2)16-13(4)21-18(22-17(16)20)15-9-8-14(10-12(15)3)19(5,6)7;1-10(2)15-11(3)21-17(22-16(15)20)12-7-8-13(14(19)9-12)18(4,5)6/h7-10,12,23H,11,21H2,1-6H3;7-11,13H,12,21H2,1-6H3;7-11,22H,1-6H3;8-11H,1-7H3;8-11H,1-7H3,(H2,20,21,22);7-10H,1-6H3,(H2,20,21,22). The molecule has 0 aliphatic rings. The van der Waals surface area contributed by atoms with Crippen molar-refractivity contribution in [3.05, 3.63) is 273 Å². The molecule has 0 radical (unpaired) electrons. The summed E-state index contributed by atoms with van der Waals surface area (Å²) in [6, 6.07) is 43.5. The average molecular weight is 1830 g/mol.